The zero-order valence-electron chi connectivity index (χ0n) is 17.0. The van der Waals surface area contributed by atoms with Crippen LogP contribution < -0.4 is 14.4 Å². The molecule has 0 aliphatic rings. The third-order valence-electron chi connectivity index (χ3n) is 4.62. The van der Waals surface area contributed by atoms with Crippen LogP contribution >= 0.6 is 0 Å². The maximum absolute atomic E-state index is 13.1. The van der Waals surface area contributed by atoms with E-state index in [4.69, 9.17) is 4.74 Å². The fourth-order valence-corrected chi connectivity index (χ4v) is 4.04. The van der Waals surface area contributed by atoms with Crippen molar-refractivity contribution in [3.63, 3.8) is 0 Å². The van der Waals surface area contributed by atoms with Crippen LogP contribution in [-0.2, 0) is 21.2 Å². The van der Waals surface area contributed by atoms with Crippen LogP contribution in [-0.4, -0.2) is 34.5 Å². The molecule has 0 bridgehead atoms. The van der Waals surface area contributed by atoms with E-state index in [0.29, 0.717) is 18.0 Å². The van der Waals surface area contributed by atoms with Gasteiger partial charge in [0, 0.05) is 13.6 Å². The van der Waals surface area contributed by atoms with Crippen molar-refractivity contribution < 1.29 is 22.3 Å². The summed E-state index contributed by atoms with van der Waals surface area (Å²) in [6.45, 7) is 0.370. The Kier molecular flexibility index (Phi) is 7.25. The van der Waals surface area contributed by atoms with E-state index in [9.17, 15) is 17.6 Å². The summed E-state index contributed by atoms with van der Waals surface area (Å²) in [6, 6.07) is 20.8. The van der Waals surface area contributed by atoms with E-state index >= 15 is 0 Å². The van der Waals surface area contributed by atoms with Crippen LogP contribution in [0.15, 0.2) is 83.8 Å². The largest absolute Gasteiger partial charge is 0.484 e. The summed E-state index contributed by atoms with van der Waals surface area (Å²) < 4.78 is 45.0. The van der Waals surface area contributed by atoms with Gasteiger partial charge in [0.05, 0.1) is 10.6 Å². The molecule has 6 nitrogen and oxygen atoms in total. The average molecular weight is 443 g/mol. The summed E-state index contributed by atoms with van der Waals surface area (Å²) in [5.74, 6) is -0.308. The topological polar surface area (TPSA) is 75.7 Å². The average Bonchev–Trinajstić information content (AvgIpc) is 2.78. The van der Waals surface area contributed by atoms with Gasteiger partial charge in [-0.05, 0) is 60.5 Å². The maximum atomic E-state index is 13.1. The van der Waals surface area contributed by atoms with Crippen molar-refractivity contribution in [3.05, 3.63) is 90.2 Å². The van der Waals surface area contributed by atoms with E-state index in [1.807, 2.05) is 30.3 Å². The molecular formula is C23H23FN2O4S. The Morgan fingerprint density at radius 3 is 2.26 bits per heavy atom. The van der Waals surface area contributed by atoms with Crippen LogP contribution in [0.5, 0.6) is 5.75 Å². The molecule has 1 N–H and O–H groups in total. The molecule has 0 aliphatic heterocycles. The Hall–Kier alpha value is -3.39. The molecule has 0 unspecified atom stereocenters. The highest BCUT2D eigenvalue weighted by atomic mass is 32.2. The predicted octanol–water partition coefficient (Wildman–Crippen LogP) is 3.39. The number of carbonyl (C=O) groups excluding carboxylic acids is 1. The lowest BCUT2D eigenvalue weighted by Crippen LogP contribution is -2.30. The first-order valence-electron chi connectivity index (χ1n) is 9.64. The molecule has 0 saturated carbocycles. The molecule has 0 atom stereocenters. The molecule has 0 spiro atoms. The summed E-state index contributed by atoms with van der Waals surface area (Å²) in [5, 5.41) is 2.79. The fourth-order valence-electron chi connectivity index (χ4n) is 2.85. The van der Waals surface area contributed by atoms with Crippen molar-refractivity contribution in [2.75, 3.05) is 24.5 Å². The molecule has 1 amide bonds. The third kappa shape index (κ3) is 6.05. The van der Waals surface area contributed by atoms with Crippen LogP contribution in [0.1, 0.15) is 5.56 Å². The first kappa shape index (κ1) is 22.3. The predicted molar refractivity (Wildman–Crippen MR) is 117 cm³/mol. The number of anilines is 1. The minimum Gasteiger partial charge on any atom is -0.484 e. The lowest BCUT2D eigenvalue weighted by molar-refractivity contribution is -0.123. The normalized spacial score (nSPS) is 11.0. The van der Waals surface area contributed by atoms with E-state index in [1.54, 1.807) is 24.3 Å². The molecule has 0 radical (unpaired) electrons. The zero-order chi connectivity index (χ0) is 22.3. The highest BCUT2D eigenvalue weighted by Crippen LogP contribution is 2.24. The Morgan fingerprint density at radius 1 is 0.968 bits per heavy atom. The van der Waals surface area contributed by atoms with E-state index < -0.39 is 15.8 Å². The van der Waals surface area contributed by atoms with Gasteiger partial charge >= 0.3 is 0 Å². The summed E-state index contributed by atoms with van der Waals surface area (Å²) in [6.07, 6.45) is 0.732. The van der Waals surface area contributed by atoms with Crippen molar-refractivity contribution in [2.24, 2.45) is 0 Å². The zero-order valence-corrected chi connectivity index (χ0v) is 17.8. The first-order chi connectivity index (χ1) is 14.9. The van der Waals surface area contributed by atoms with Crippen LogP contribution in [0.4, 0.5) is 10.1 Å². The number of carbonyl (C=O) groups is 1. The quantitative estimate of drug-likeness (QED) is 0.551. The van der Waals surface area contributed by atoms with E-state index in [1.165, 1.54) is 19.2 Å². The SMILES string of the molecule is CN(c1ccc(OCC(=O)NCCc2ccccc2)cc1)S(=O)(=O)c1ccc(F)cc1. The van der Waals surface area contributed by atoms with E-state index in [-0.39, 0.29) is 17.4 Å². The highest BCUT2D eigenvalue weighted by molar-refractivity contribution is 7.92. The molecule has 162 valence electrons. The minimum absolute atomic E-state index is 0.0103. The summed E-state index contributed by atoms with van der Waals surface area (Å²) in [4.78, 5) is 11.9. The minimum atomic E-state index is -3.82. The third-order valence-corrected chi connectivity index (χ3v) is 6.42. The number of rotatable bonds is 9. The second-order valence-electron chi connectivity index (χ2n) is 6.79. The van der Waals surface area contributed by atoms with Crippen molar-refractivity contribution >= 4 is 21.6 Å². The molecule has 31 heavy (non-hydrogen) atoms. The number of benzene rings is 3. The number of sulfonamides is 1. The lowest BCUT2D eigenvalue weighted by Gasteiger charge is -2.20. The van der Waals surface area contributed by atoms with Gasteiger partial charge in [-0.25, -0.2) is 12.8 Å². The van der Waals surface area contributed by atoms with Crippen molar-refractivity contribution in [1.29, 1.82) is 0 Å². The van der Waals surface area contributed by atoms with Crippen LogP contribution in [0.25, 0.3) is 0 Å². The van der Waals surface area contributed by atoms with E-state index in [0.717, 1.165) is 28.4 Å². The Labute approximate surface area is 181 Å². The summed E-state index contributed by atoms with van der Waals surface area (Å²) >= 11 is 0. The molecule has 8 heteroatoms. The smallest absolute Gasteiger partial charge is 0.264 e. The van der Waals surface area contributed by atoms with Gasteiger partial charge in [-0.2, -0.15) is 0 Å². The van der Waals surface area contributed by atoms with Gasteiger partial charge in [0.1, 0.15) is 11.6 Å². The number of hydrogen-bond donors (Lipinski definition) is 1. The number of hydrogen-bond acceptors (Lipinski definition) is 4. The lowest BCUT2D eigenvalue weighted by atomic mass is 10.1. The molecule has 3 rings (SSSR count). The van der Waals surface area contributed by atoms with Crippen molar-refractivity contribution in [2.45, 2.75) is 11.3 Å². The Morgan fingerprint density at radius 2 is 1.61 bits per heavy atom. The van der Waals surface area contributed by atoms with Crippen LogP contribution in [0.3, 0.4) is 0 Å². The second-order valence-corrected chi connectivity index (χ2v) is 8.76. The molecule has 0 fully saturated rings. The second kappa shape index (κ2) is 10.1. The number of amides is 1. The van der Waals surface area contributed by atoms with Crippen molar-refractivity contribution in [3.8, 4) is 5.75 Å². The standard InChI is InChI=1S/C23H23FN2O4S/c1-26(31(28,29)22-13-7-19(24)8-14-22)20-9-11-21(12-10-20)30-17-23(27)25-16-15-18-5-3-2-4-6-18/h2-14H,15-17H2,1H3,(H,25,27). The van der Waals surface area contributed by atoms with Gasteiger partial charge in [0.2, 0.25) is 0 Å². The summed E-state index contributed by atoms with van der Waals surface area (Å²) in [5.41, 5.74) is 1.54. The van der Waals surface area contributed by atoms with Gasteiger partial charge in [0.15, 0.2) is 6.61 Å². The van der Waals surface area contributed by atoms with Gasteiger partial charge in [-0.1, -0.05) is 30.3 Å². The number of nitrogens with zero attached hydrogens (tertiary/aromatic N) is 1. The van der Waals surface area contributed by atoms with Crippen LogP contribution in [0.2, 0.25) is 0 Å². The van der Waals surface area contributed by atoms with Gasteiger partial charge in [-0.15, -0.1) is 0 Å². The number of nitrogens with one attached hydrogen (secondary N) is 1. The van der Waals surface area contributed by atoms with Gasteiger partial charge < -0.3 is 10.1 Å². The van der Waals surface area contributed by atoms with E-state index in [2.05, 4.69) is 5.32 Å². The monoisotopic (exact) mass is 442 g/mol. The fraction of sp³-hybridized carbons (Fsp3) is 0.174. The molecule has 0 aromatic heterocycles. The van der Waals surface area contributed by atoms with Crippen LogP contribution in [0, 0.1) is 5.82 Å². The van der Waals surface area contributed by atoms with Crippen molar-refractivity contribution in [1.82, 2.24) is 5.32 Å². The number of halogens is 1. The highest BCUT2D eigenvalue weighted by Gasteiger charge is 2.21. The maximum Gasteiger partial charge on any atom is 0.264 e. The molecule has 0 saturated heterocycles. The number of ether oxygens (including phenoxy) is 1. The summed E-state index contributed by atoms with van der Waals surface area (Å²) in [7, 11) is -2.41. The Balaban J connectivity index is 1.51. The van der Waals surface area contributed by atoms with Gasteiger partial charge in [0.25, 0.3) is 15.9 Å². The first-order valence-corrected chi connectivity index (χ1v) is 11.1. The molecular weight excluding hydrogens is 419 g/mol. The van der Waals surface area contributed by atoms with Gasteiger partial charge in [-0.3, -0.25) is 9.10 Å². The molecule has 3 aromatic carbocycles. The molecule has 0 heterocycles. The Bertz CT molecular complexity index is 1100. The molecule has 0 aliphatic carbocycles. The molecule has 3 aromatic rings.